The van der Waals surface area contributed by atoms with Gasteiger partial charge in [-0.3, -0.25) is 15.0 Å². The number of amides is 4. The fourth-order valence-electron chi connectivity index (χ4n) is 2.89. The molecule has 1 aliphatic heterocycles. The molecule has 1 saturated heterocycles. The van der Waals surface area contributed by atoms with Crippen molar-refractivity contribution in [1.29, 1.82) is 0 Å². The predicted octanol–water partition coefficient (Wildman–Crippen LogP) is 2.47. The van der Waals surface area contributed by atoms with Crippen LogP contribution in [0.5, 0.6) is 0 Å². The van der Waals surface area contributed by atoms with Crippen molar-refractivity contribution in [3.05, 3.63) is 71.3 Å². The molecule has 2 aromatic rings. The molecule has 1 heterocycles. The van der Waals surface area contributed by atoms with Crippen molar-refractivity contribution in [2.45, 2.75) is 18.9 Å². The number of carbonyl (C=O) groups is 3. The number of benzene rings is 2. The summed E-state index contributed by atoms with van der Waals surface area (Å²) in [5.74, 6) is -3.55. The number of hydrogen-bond acceptors (Lipinski definition) is 3. The molecule has 0 aromatic heterocycles. The molecule has 0 unspecified atom stereocenters. The van der Waals surface area contributed by atoms with E-state index in [1.54, 1.807) is 37.3 Å². The van der Waals surface area contributed by atoms with Crippen molar-refractivity contribution < 1.29 is 23.2 Å². The SMILES string of the molecule is CC[C@]1(c2ccccc2)NC(=O)N(NC(=O)c2cc(F)cc(F)c2)C1=O. The lowest BCUT2D eigenvalue weighted by Gasteiger charge is -2.25. The predicted molar refractivity (Wildman–Crippen MR) is 87.6 cm³/mol. The fourth-order valence-corrected chi connectivity index (χ4v) is 2.89. The first-order valence-corrected chi connectivity index (χ1v) is 7.86. The van der Waals surface area contributed by atoms with Crippen molar-refractivity contribution >= 4 is 17.8 Å². The van der Waals surface area contributed by atoms with Crippen LogP contribution >= 0.6 is 0 Å². The van der Waals surface area contributed by atoms with Gasteiger partial charge in [0.1, 0.15) is 17.2 Å². The first kappa shape index (κ1) is 17.5. The normalized spacial score (nSPS) is 19.4. The van der Waals surface area contributed by atoms with Gasteiger partial charge in [0.15, 0.2) is 0 Å². The highest BCUT2D eigenvalue weighted by atomic mass is 19.1. The Kier molecular flexibility index (Phi) is 4.41. The lowest BCUT2D eigenvalue weighted by Crippen LogP contribution is -2.48. The van der Waals surface area contributed by atoms with E-state index in [4.69, 9.17) is 0 Å². The molecule has 0 saturated carbocycles. The second-order valence-electron chi connectivity index (χ2n) is 5.79. The van der Waals surface area contributed by atoms with Gasteiger partial charge in [-0.05, 0) is 24.1 Å². The number of halogens is 2. The van der Waals surface area contributed by atoms with Crippen molar-refractivity contribution in [1.82, 2.24) is 15.8 Å². The highest BCUT2D eigenvalue weighted by molar-refractivity contribution is 6.09. The summed E-state index contributed by atoms with van der Waals surface area (Å²) in [6.07, 6.45) is 0.253. The van der Waals surface area contributed by atoms with Crippen molar-refractivity contribution in [2.24, 2.45) is 0 Å². The first-order valence-electron chi connectivity index (χ1n) is 7.86. The smallest absolute Gasteiger partial charge is 0.318 e. The Morgan fingerprint density at radius 1 is 1.12 bits per heavy atom. The van der Waals surface area contributed by atoms with Gasteiger partial charge in [-0.1, -0.05) is 37.3 Å². The number of nitrogens with one attached hydrogen (secondary N) is 2. The Bertz CT molecular complexity index is 868. The summed E-state index contributed by atoms with van der Waals surface area (Å²) < 4.78 is 26.5. The molecule has 1 atom stereocenters. The molecule has 26 heavy (non-hydrogen) atoms. The summed E-state index contributed by atoms with van der Waals surface area (Å²) in [4.78, 5) is 37.3. The van der Waals surface area contributed by atoms with Crippen molar-refractivity contribution in [3.63, 3.8) is 0 Å². The Labute approximate surface area is 147 Å². The number of imide groups is 1. The maximum atomic E-state index is 13.3. The van der Waals surface area contributed by atoms with Gasteiger partial charge < -0.3 is 5.32 Å². The maximum absolute atomic E-state index is 13.3. The quantitative estimate of drug-likeness (QED) is 0.823. The van der Waals surface area contributed by atoms with Gasteiger partial charge in [-0.15, -0.1) is 0 Å². The zero-order valence-corrected chi connectivity index (χ0v) is 13.8. The van der Waals surface area contributed by atoms with Gasteiger partial charge in [0.25, 0.3) is 11.8 Å². The molecule has 0 spiro atoms. The van der Waals surface area contributed by atoms with E-state index < -0.39 is 35.0 Å². The lowest BCUT2D eigenvalue weighted by molar-refractivity contribution is -0.133. The average molecular weight is 359 g/mol. The van der Waals surface area contributed by atoms with Gasteiger partial charge in [0.2, 0.25) is 0 Å². The van der Waals surface area contributed by atoms with E-state index >= 15 is 0 Å². The molecule has 1 aliphatic rings. The Morgan fingerprint density at radius 2 is 1.73 bits per heavy atom. The maximum Gasteiger partial charge on any atom is 0.344 e. The van der Waals surface area contributed by atoms with Crippen LogP contribution in [-0.4, -0.2) is 22.9 Å². The van der Waals surface area contributed by atoms with Crippen LogP contribution in [0.15, 0.2) is 48.5 Å². The first-order chi connectivity index (χ1) is 12.4. The Balaban J connectivity index is 1.88. The summed E-state index contributed by atoms with van der Waals surface area (Å²) in [6, 6.07) is 10.00. The molecular formula is C18H15F2N3O3. The molecule has 8 heteroatoms. The number of nitrogens with zero attached hydrogens (tertiary/aromatic N) is 1. The van der Waals surface area contributed by atoms with Crippen LogP contribution in [0.3, 0.4) is 0 Å². The molecule has 2 aromatic carbocycles. The third kappa shape index (κ3) is 2.90. The lowest BCUT2D eigenvalue weighted by atomic mass is 9.87. The number of urea groups is 1. The van der Waals surface area contributed by atoms with Gasteiger partial charge in [0, 0.05) is 11.6 Å². The minimum absolute atomic E-state index is 0.253. The molecule has 0 radical (unpaired) electrons. The zero-order chi connectivity index (χ0) is 18.9. The molecule has 4 amide bonds. The minimum Gasteiger partial charge on any atom is -0.318 e. The molecule has 6 nitrogen and oxygen atoms in total. The van der Waals surface area contributed by atoms with Crippen LogP contribution in [0.25, 0.3) is 0 Å². The fraction of sp³-hybridized carbons (Fsp3) is 0.167. The van der Waals surface area contributed by atoms with E-state index in [9.17, 15) is 23.2 Å². The third-order valence-corrected chi connectivity index (χ3v) is 4.23. The van der Waals surface area contributed by atoms with Crippen LogP contribution in [0, 0.1) is 11.6 Å². The molecule has 0 bridgehead atoms. The number of hydrazine groups is 1. The number of carbonyl (C=O) groups excluding carboxylic acids is 3. The van der Waals surface area contributed by atoms with Crippen LogP contribution < -0.4 is 10.7 Å². The van der Waals surface area contributed by atoms with Crippen LogP contribution in [0.1, 0.15) is 29.3 Å². The summed E-state index contributed by atoms with van der Waals surface area (Å²) in [5, 5.41) is 3.12. The minimum atomic E-state index is -1.32. The molecular weight excluding hydrogens is 344 g/mol. The van der Waals surface area contributed by atoms with E-state index in [0.717, 1.165) is 12.1 Å². The summed E-state index contributed by atoms with van der Waals surface area (Å²) in [7, 11) is 0. The standard InChI is InChI=1S/C18H15F2N3O3/c1-2-18(12-6-4-3-5-7-12)16(25)23(17(26)21-18)22-15(24)11-8-13(19)10-14(20)9-11/h3-10H,2H2,1H3,(H,21,26)(H,22,24)/t18-/m1/s1. The summed E-state index contributed by atoms with van der Waals surface area (Å²) in [5.41, 5.74) is 1.00. The largest absolute Gasteiger partial charge is 0.344 e. The summed E-state index contributed by atoms with van der Waals surface area (Å²) >= 11 is 0. The van der Waals surface area contributed by atoms with Gasteiger partial charge in [-0.2, -0.15) is 5.01 Å². The van der Waals surface area contributed by atoms with Gasteiger partial charge in [0.05, 0.1) is 0 Å². The van der Waals surface area contributed by atoms with Gasteiger partial charge in [-0.25, -0.2) is 13.6 Å². The van der Waals surface area contributed by atoms with E-state index in [-0.39, 0.29) is 12.0 Å². The van der Waals surface area contributed by atoms with Crippen molar-refractivity contribution in [2.75, 3.05) is 0 Å². The molecule has 134 valence electrons. The van der Waals surface area contributed by atoms with E-state index in [0.29, 0.717) is 16.6 Å². The zero-order valence-electron chi connectivity index (χ0n) is 13.8. The molecule has 2 N–H and O–H groups in total. The van der Waals surface area contributed by atoms with Crippen LogP contribution in [0.2, 0.25) is 0 Å². The summed E-state index contributed by atoms with van der Waals surface area (Å²) in [6.45, 7) is 1.72. The van der Waals surface area contributed by atoms with Crippen LogP contribution in [-0.2, 0) is 10.3 Å². The average Bonchev–Trinajstić information content (AvgIpc) is 2.86. The van der Waals surface area contributed by atoms with E-state index in [2.05, 4.69) is 10.7 Å². The Hall–Kier alpha value is -3.29. The molecule has 1 fully saturated rings. The highest BCUT2D eigenvalue weighted by Crippen LogP contribution is 2.31. The van der Waals surface area contributed by atoms with E-state index in [1.807, 2.05) is 0 Å². The molecule has 3 rings (SSSR count). The second-order valence-corrected chi connectivity index (χ2v) is 5.79. The molecule has 0 aliphatic carbocycles. The van der Waals surface area contributed by atoms with E-state index in [1.165, 1.54) is 0 Å². The number of hydrogen-bond donors (Lipinski definition) is 2. The monoisotopic (exact) mass is 359 g/mol. The van der Waals surface area contributed by atoms with Crippen molar-refractivity contribution in [3.8, 4) is 0 Å². The van der Waals surface area contributed by atoms with Crippen LogP contribution in [0.4, 0.5) is 13.6 Å². The third-order valence-electron chi connectivity index (χ3n) is 4.23. The number of rotatable bonds is 4. The second kappa shape index (κ2) is 6.55. The Morgan fingerprint density at radius 3 is 2.31 bits per heavy atom. The van der Waals surface area contributed by atoms with Gasteiger partial charge >= 0.3 is 6.03 Å². The topological polar surface area (TPSA) is 78.5 Å². The highest BCUT2D eigenvalue weighted by Gasteiger charge is 2.52.